The summed E-state index contributed by atoms with van der Waals surface area (Å²) < 4.78 is 1.65. The minimum atomic E-state index is -0.221. The lowest BCUT2D eigenvalue weighted by Crippen LogP contribution is -2.14. The Morgan fingerprint density at radius 2 is 1.88 bits per heavy atom. The van der Waals surface area contributed by atoms with Crippen LogP contribution in [0.1, 0.15) is 0 Å². The van der Waals surface area contributed by atoms with E-state index in [0.29, 0.717) is 25.2 Å². The van der Waals surface area contributed by atoms with Gasteiger partial charge < -0.3 is 10.6 Å². The molecule has 134 valence electrons. The SMILES string of the molecule is O=C(CSc1nnc(Nc2cccc(Br)c2)s1)Nc1c(Cl)cccc1Cl. The Bertz CT molecular complexity index is 918. The molecule has 0 aliphatic carbocycles. The molecule has 26 heavy (non-hydrogen) atoms. The molecule has 10 heteroatoms. The van der Waals surface area contributed by atoms with E-state index < -0.39 is 0 Å². The maximum Gasteiger partial charge on any atom is 0.234 e. The van der Waals surface area contributed by atoms with Crippen molar-refractivity contribution in [1.82, 2.24) is 10.2 Å². The third-order valence-corrected chi connectivity index (χ3v) is 6.13. The number of benzene rings is 2. The van der Waals surface area contributed by atoms with Crippen LogP contribution in [-0.4, -0.2) is 21.9 Å². The fourth-order valence-corrected chi connectivity index (χ4v) is 4.39. The van der Waals surface area contributed by atoms with Gasteiger partial charge in [-0.15, -0.1) is 10.2 Å². The molecule has 2 N–H and O–H groups in total. The molecule has 0 spiro atoms. The average Bonchev–Trinajstić information content (AvgIpc) is 3.04. The van der Waals surface area contributed by atoms with Gasteiger partial charge >= 0.3 is 0 Å². The van der Waals surface area contributed by atoms with Gasteiger partial charge in [0.15, 0.2) is 4.34 Å². The van der Waals surface area contributed by atoms with E-state index in [-0.39, 0.29) is 11.7 Å². The highest BCUT2D eigenvalue weighted by molar-refractivity contribution is 9.10. The predicted octanol–water partition coefficient (Wildman–Crippen LogP) is 6.08. The third kappa shape index (κ3) is 5.34. The molecule has 2 aromatic carbocycles. The number of aromatic nitrogens is 2. The predicted molar refractivity (Wildman–Crippen MR) is 113 cm³/mol. The van der Waals surface area contributed by atoms with Crippen molar-refractivity contribution in [3.63, 3.8) is 0 Å². The highest BCUT2D eigenvalue weighted by Crippen LogP contribution is 2.31. The van der Waals surface area contributed by atoms with E-state index in [4.69, 9.17) is 23.2 Å². The molecule has 0 unspecified atom stereocenters. The largest absolute Gasteiger partial charge is 0.330 e. The Hall–Kier alpha value is -1.32. The topological polar surface area (TPSA) is 66.9 Å². The van der Waals surface area contributed by atoms with Crippen LogP contribution in [0.15, 0.2) is 51.3 Å². The lowest BCUT2D eigenvalue weighted by Gasteiger charge is -2.08. The summed E-state index contributed by atoms with van der Waals surface area (Å²) in [7, 11) is 0. The molecular weight excluding hydrogens is 479 g/mol. The van der Waals surface area contributed by atoms with Gasteiger partial charge in [0, 0.05) is 10.2 Å². The van der Waals surface area contributed by atoms with Crippen molar-refractivity contribution in [2.75, 3.05) is 16.4 Å². The Morgan fingerprint density at radius 1 is 1.15 bits per heavy atom. The fourth-order valence-electron chi connectivity index (χ4n) is 1.93. The van der Waals surface area contributed by atoms with Crippen LogP contribution in [0.5, 0.6) is 0 Å². The van der Waals surface area contributed by atoms with Crippen LogP contribution < -0.4 is 10.6 Å². The Kier molecular flexibility index (Phi) is 6.77. The minimum absolute atomic E-state index is 0.174. The molecule has 1 amide bonds. The maximum absolute atomic E-state index is 12.1. The number of hydrogen-bond acceptors (Lipinski definition) is 6. The first kappa shape index (κ1) is 19.4. The van der Waals surface area contributed by atoms with E-state index in [0.717, 1.165) is 10.2 Å². The zero-order chi connectivity index (χ0) is 18.5. The van der Waals surface area contributed by atoms with Crippen molar-refractivity contribution in [2.45, 2.75) is 4.34 Å². The summed E-state index contributed by atoms with van der Waals surface area (Å²) in [4.78, 5) is 12.1. The molecule has 0 aliphatic rings. The first-order chi connectivity index (χ1) is 12.5. The Labute approximate surface area is 176 Å². The zero-order valence-electron chi connectivity index (χ0n) is 13.0. The van der Waals surface area contributed by atoms with Gasteiger partial charge in [0.2, 0.25) is 11.0 Å². The summed E-state index contributed by atoms with van der Waals surface area (Å²) >= 11 is 18.2. The zero-order valence-corrected chi connectivity index (χ0v) is 17.7. The van der Waals surface area contributed by atoms with Gasteiger partial charge in [-0.05, 0) is 30.3 Å². The van der Waals surface area contributed by atoms with Gasteiger partial charge in [0.25, 0.3) is 0 Å². The lowest BCUT2D eigenvalue weighted by molar-refractivity contribution is -0.113. The van der Waals surface area contributed by atoms with Gasteiger partial charge in [-0.3, -0.25) is 4.79 Å². The first-order valence-electron chi connectivity index (χ1n) is 7.24. The number of carbonyl (C=O) groups is 1. The van der Waals surface area contributed by atoms with E-state index >= 15 is 0 Å². The van der Waals surface area contributed by atoms with Crippen LogP contribution in [0.25, 0.3) is 0 Å². The van der Waals surface area contributed by atoms with E-state index in [9.17, 15) is 4.79 Å². The summed E-state index contributed by atoms with van der Waals surface area (Å²) in [6.45, 7) is 0. The minimum Gasteiger partial charge on any atom is -0.330 e. The number of amides is 1. The summed E-state index contributed by atoms with van der Waals surface area (Å²) in [5.41, 5.74) is 1.31. The van der Waals surface area contributed by atoms with Gasteiger partial charge in [0.1, 0.15) is 0 Å². The highest BCUT2D eigenvalue weighted by atomic mass is 79.9. The van der Waals surface area contributed by atoms with Gasteiger partial charge in [-0.2, -0.15) is 0 Å². The van der Waals surface area contributed by atoms with Crippen LogP contribution >= 0.6 is 62.2 Å². The third-order valence-electron chi connectivity index (χ3n) is 3.04. The van der Waals surface area contributed by atoms with Gasteiger partial charge in [0.05, 0.1) is 21.5 Å². The molecule has 0 aliphatic heterocycles. The van der Waals surface area contributed by atoms with Crippen LogP contribution in [0.2, 0.25) is 10.0 Å². The second-order valence-corrected chi connectivity index (χ2v) is 8.87. The summed E-state index contributed by atoms with van der Waals surface area (Å²) in [5.74, 6) is -0.0470. The molecule has 3 rings (SSSR count). The second-order valence-electron chi connectivity index (χ2n) is 4.94. The summed E-state index contributed by atoms with van der Waals surface area (Å²) in [6.07, 6.45) is 0. The molecule has 1 heterocycles. The van der Waals surface area contributed by atoms with Crippen molar-refractivity contribution >= 4 is 84.6 Å². The molecule has 0 bridgehead atoms. The smallest absolute Gasteiger partial charge is 0.234 e. The van der Waals surface area contributed by atoms with E-state index in [1.165, 1.54) is 23.1 Å². The number of halogens is 3. The van der Waals surface area contributed by atoms with E-state index in [1.54, 1.807) is 18.2 Å². The molecule has 0 atom stereocenters. The monoisotopic (exact) mass is 488 g/mol. The van der Waals surface area contributed by atoms with Crippen molar-refractivity contribution < 1.29 is 4.79 Å². The van der Waals surface area contributed by atoms with Crippen molar-refractivity contribution in [3.05, 3.63) is 57.0 Å². The van der Waals surface area contributed by atoms with Crippen molar-refractivity contribution in [1.29, 1.82) is 0 Å². The second kappa shape index (κ2) is 9.05. The van der Waals surface area contributed by atoms with Gasteiger partial charge in [-0.1, -0.05) is 74.4 Å². The maximum atomic E-state index is 12.1. The Morgan fingerprint density at radius 3 is 2.62 bits per heavy atom. The number of carbonyl (C=O) groups excluding carboxylic acids is 1. The standard InChI is InChI=1S/C16H11BrCl2N4OS2/c17-9-3-1-4-10(7-9)20-15-22-23-16(26-15)25-8-13(24)21-14-11(18)5-2-6-12(14)19/h1-7H,8H2,(H,20,22)(H,21,24). The molecule has 3 aromatic rings. The van der Waals surface area contributed by atoms with Crippen LogP contribution in [0, 0.1) is 0 Å². The highest BCUT2D eigenvalue weighted by Gasteiger charge is 2.12. The first-order valence-corrected chi connectivity index (χ1v) is 10.6. The quantitative estimate of drug-likeness (QED) is 0.410. The summed E-state index contributed by atoms with van der Waals surface area (Å²) in [5, 5.41) is 15.5. The number of hydrogen-bond donors (Lipinski definition) is 2. The van der Waals surface area contributed by atoms with E-state index in [1.807, 2.05) is 24.3 Å². The van der Waals surface area contributed by atoms with Crippen LogP contribution in [0.3, 0.4) is 0 Å². The molecule has 0 fully saturated rings. The van der Waals surface area contributed by atoms with Gasteiger partial charge in [-0.25, -0.2) is 0 Å². The number of nitrogens with one attached hydrogen (secondary N) is 2. The summed E-state index contributed by atoms with van der Waals surface area (Å²) in [6, 6.07) is 12.8. The number of para-hydroxylation sites is 1. The number of rotatable bonds is 6. The number of thioether (sulfide) groups is 1. The lowest BCUT2D eigenvalue weighted by atomic mass is 10.3. The number of nitrogens with zero attached hydrogens (tertiary/aromatic N) is 2. The normalized spacial score (nSPS) is 10.6. The fraction of sp³-hybridized carbons (Fsp3) is 0.0625. The Balaban J connectivity index is 1.55. The molecule has 0 radical (unpaired) electrons. The van der Waals surface area contributed by atoms with Crippen LogP contribution in [0.4, 0.5) is 16.5 Å². The molecule has 5 nitrogen and oxygen atoms in total. The molecule has 1 aromatic heterocycles. The molecule has 0 saturated heterocycles. The number of anilines is 3. The molecular formula is C16H11BrCl2N4OS2. The van der Waals surface area contributed by atoms with Crippen molar-refractivity contribution in [2.24, 2.45) is 0 Å². The van der Waals surface area contributed by atoms with E-state index in [2.05, 4.69) is 36.8 Å². The molecule has 0 saturated carbocycles. The van der Waals surface area contributed by atoms with Crippen molar-refractivity contribution in [3.8, 4) is 0 Å². The van der Waals surface area contributed by atoms with Crippen LogP contribution in [-0.2, 0) is 4.79 Å². The average molecular weight is 490 g/mol.